The molecule has 2 aliphatic rings. The lowest BCUT2D eigenvalue weighted by molar-refractivity contribution is 1.37. The lowest BCUT2D eigenvalue weighted by Gasteiger charge is -2.02. The Morgan fingerprint density at radius 1 is 0.545 bits per heavy atom. The van der Waals surface area contributed by atoms with Crippen LogP contribution in [0.3, 0.4) is 0 Å². The van der Waals surface area contributed by atoms with Gasteiger partial charge in [0.15, 0.2) is 0 Å². The number of fused-ring (bicyclic) bond motifs is 6. The van der Waals surface area contributed by atoms with Crippen LogP contribution in [0.4, 0.5) is 22.7 Å². The fourth-order valence-electron chi connectivity index (χ4n) is 3.19. The number of rotatable bonds is 0. The Hall–Kier alpha value is -3.14. The van der Waals surface area contributed by atoms with Crippen LogP contribution in [-0.4, -0.2) is 0 Å². The number of nitrogen functional groups attached to an aromatic ring is 2. The molecule has 4 N–H and O–H groups in total. The van der Waals surface area contributed by atoms with Crippen LogP contribution in [0.2, 0.25) is 0 Å². The number of hydrogen-bond acceptors (Lipinski definition) is 4. The summed E-state index contributed by atoms with van der Waals surface area (Å²) in [5.41, 5.74) is 19.5. The summed E-state index contributed by atoms with van der Waals surface area (Å²) < 4.78 is 0. The molecule has 4 heteroatoms. The van der Waals surface area contributed by atoms with Crippen molar-refractivity contribution in [2.24, 2.45) is 9.98 Å². The topological polar surface area (TPSA) is 76.8 Å². The van der Waals surface area contributed by atoms with Gasteiger partial charge in [-0.15, -0.1) is 0 Å². The van der Waals surface area contributed by atoms with Crippen molar-refractivity contribution in [2.75, 3.05) is 11.5 Å². The zero-order valence-electron chi connectivity index (χ0n) is 11.7. The van der Waals surface area contributed by atoms with Crippen molar-refractivity contribution in [3.8, 4) is 22.3 Å². The molecule has 0 spiro atoms. The molecule has 0 aliphatic carbocycles. The van der Waals surface area contributed by atoms with Crippen molar-refractivity contribution >= 4 is 22.7 Å². The van der Waals surface area contributed by atoms with E-state index in [1.54, 1.807) is 0 Å². The second kappa shape index (κ2) is 3.74. The fraction of sp³-hybridized carbons (Fsp3) is 0. The van der Waals surface area contributed by atoms with E-state index in [2.05, 4.69) is 12.1 Å². The van der Waals surface area contributed by atoms with E-state index in [-0.39, 0.29) is 0 Å². The third kappa shape index (κ3) is 1.41. The van der Waals surface area contributed by atoms with E-state index in [1.165, 1.54) is 0 Å². The second-order valence-corrected chi connectivity index (χ2v) is 5.66. The van der Waals surface area contributed by atoms with Crippen LogP contribution in [0, 0.1) is 0 Å². The van der Waals surface area contributed by atoms with Crippen LogP contribution in [0.25, 0.3) is 22.3 Å². The van der Waals surface area contributed by atoms with Crippen molar-refractivity contribution in [3.63, 3.8) is 0 Å². The SMILES string of the molecule is Nc1ccc2c(c1)-c1cc3c(cc1=N2)-c1cc(N)ccc1N=3. The molecule has 0 atom stereocenters. The second-order valence-electron chi connectivity index (χ2n) is 5.66. The van der Waals surface area contributed by atoms with E-state index in [1.807, 2.05) is 36.4 Å². The highest BCUT2D eigenvalue weighted by molar-refractivity contribution is 5.86. The van der Waals surface area contributed by atoms with E-state index in [0.717, 1.165) is 55.7 Å². The summed E-state index contributed by atoms with van der Waals surface area (Å²) in [7, 11) is 0. The molecular weight excluding hydrogens is 272 g/mol. The molecular formula is C18H12N4. The van der Waals surface area contributed by atoms with Gasteiger partial charge in [-0.25, -0.2) is 9.98 Å². The average Bonchev–Trinajstić information content (AvgIpc) is 3.02. The third-order valence-corrected chi connectivity index (χ3v) is 4.22. The van der Waals surface area contributed by atoms with Crippen molar-refractivity contribution in [1.29, 1.82) is 0 Å². The minimum absolute atomic E-state index is 0.746. The highest BCUT2D eigenvalue weighted by atomic mass is 14.8. The predicted octanol–water partition coefficient (Wildman–Crippen LogP) is 2.71. The molecule has 4 nitrogen and oxygen atoms in total. The van der Waals surface area contributed by atoms with Gasteiger partial charge in [0.1, 0.15) is 0 Å². The Kier molecular flexibility index (Phi) is 1.96. The summed E-state index contributed by atoms with van der Waals surface area (Å²) in [4.78, 5) is 9.40. The van der Waals surface area contributed by atoms with Crippen molar-refractivity contribution in [3.05, 3.63) is 59.2 Å². The Morgan fingerprint density at radius 3 is 1.45 bits per heavy atom. The van der Waals surface area contributed by atoms with Crippen LogP contribution < -0.4 is 22.2 Å². The number of hydrogen-bond donors (Lipinski definition) is 2. The molecule has 0 saturated heterocycles. The van der Waals surface area contributed by atoms with E-state index >= 15 is 0 Å². The highest BCUT2D eigenvalue weighted by Gasteiger charge is 2.20. The van der Waals surface area contributed by atoms with Crippen LogP contribution >= 0.6 is 0 Å². The Balaban J connectivity index is 1.83. The molecule has 3 aromatic carbocycles. The van der Waals surface area contributed by atoms with Crippen molar-refractivity contribution in [1.82, 2.24) is 0 Å². The van der Waals surface area contributed by atoms with E-state index < -0.39 is 0 Å². The van der Waals surface area contributed by atoms with Crippen LogP contribution in [-0.2, 0) is 0 Å². The largest absolute Gasteiger partial charge is 0.399 e. The molecule has 104 valence electrons. The summed E-state index contributed by atoms with van der Waals surface area (Å²) >= 11 is 0. The van der Waals surface area contributed by atoms with Gasteiger partial charge in [0, 0.05) is 33.6 Å². The van der Waals surface area contributed by atoms with E-state index in [9.17, 15) is 0 Å². The standard InChI is InChI=1S/C18H12N4/c19-9-1-3-15-11(5-9)13-7-18-14(8-17(13)21-15)12-6-10(20)2-4-16(12)22-18/h1-8H,19-20H2. The van der Waals surface area contributed by atoms with Gasteiger partial charge in [0.2, 0.25) is 0 Å². The lowest BCUT2D eigenvalue weighted by atomic mass is 10.00. The molecule has 2 heterocycles. The molecule has 22 heavy (non-hydrogen) atoms. The Labute approximate surface area is 126 Å². The van der Waals surface area contributed by atoms with Gasteiger partial charge < -0.3 is 11.5 Å². The monoisotopic (exact) mass is 284 g/mol. The van der Waals surface area contributed by atoms with Gasteiger partial charge in [0.25, 0.3) is 0 Å². The Morgan fingerprint density at radius 2 is 1.00 bits per heavy atom. The lowest BCUT2D eigenvalue weighted by Crippen LogP contribution is -2.11. The minimum atomic E-state index is 0.746. The maximum atomic E-state index is 5.91. The highest BCUT2D eigenvalue weighted by Crippen LogP contribution is 2.37. The van der Waals surface area contributed by atoms with Gasteiger partial charge >= 0.3 is 0 Å². The third-order valence-electron chi connectivity index (χ3n) is 4.22. The van der Waals surface area contributed by atoms with Crippen LogP contribution in [0.15, 0.2) is 58.5 Å². The molecule has 0 aromatic heterocycles. The zero-order valence-corrected chi connectivity index (χ0v) is 11.7. The molecule has 5 rings (SSSR count). The average molecular weight is 284 g/mol. The first-order valence-corrected chi connectivity index (χ1v) is 7.10. The number of nitrogens with zero attached hydrogens (tertiary/aromatic N) is 2. The molecule has 0 radical (unpaired) electrons. The normalized spacial score (nSPS) is 12.7. The molecule has 0 bridgehead atoms. The van der Waals surface area contributed by atoms with Gasteiger partial charge in [-0.3, -0.25) is 0 Å². The fourth-order valence-corrected chi connectivity index (χ4v) is 3.19. The number of nitrogens with two attached hydrogens (primary N) is 2. The number of benzene rings is 3. The Bertz CT molecular complexity index is 1010. The maximum absolute atomic E-state index is 5.91. The van der Waals surface area contributed by atoms with Gasteiger partial charge in [0.05, 0.1) is 22.1 Å². The molecule has 3 aromatic rings. The van der Waals surface area contributed by atoms with Gasteiger partial charge in [-0.2, -0.15) is 0 Å². The first-order valence-electron chi connectivity index (χ1n) is 7.10. The summed E-state index contributed by atoms with van der Waals surface area (Å²) in [6.07, 6.45) is 0. The summed E-state index contributed by atoms with van der Waals surface area (Å²) in [5.74, 6) is 0. The van der Waals surface area contributed by atoms with Crippen LogP contribution in [0.1, 0.15) is 0 Å². The first kappa shape index (κ1) is 11.5. The molecule has 0 amide bonds. The van der Waals surface area contributed by atoms with E-state index in [0.29, 0.717) is 0 Å². The molecule has 2 aliphatic heterocycles. The van der Waals surface area contributed by atoms with Crippen molar-refractivity contribution in [2.45, 2.75) is 0 Å². The van der Waals surface area contributed by atoms with Crippen molar-refractivity contribution < 1.29 is 0 Å². The summed E-state index contributed by atoms with van der Waals surface area (Å²) in [5, 5.41) is 1.93. The zero-order chi connectivity index (χ0) is 14.8. The quantitative estimate of drug-likeness (QED) is 0.429. The molecule has 0 unspecified atom stereocenters. The predicted molar refractivity (Wildman–Crippen MR) is 87.8 cm³/mol. The summed E-state index contributed by atoms with van der Waals surface area (Å²) in [6, 6.07) is 15.8. The molecule has 0 fully saturated rings. The number of anilines is 2. The van der Waals surface area contributed by atoms with Crippen LogP contribution in [0.5, 0.6) is 0 Å². The minimum Gasteiger partial charge on any atom is -0.399 e. The molecule has 0 saturated carbocycles. The van der Waals surface area contributed by atoms with Gasteiger partial charge in [-0.05, 0) is 48.5 Å². The van der Waals surface area contributed by atoms with Gasteiger partial charge in [-0.1, -0.05) is 0 Å². The van der Waals surface area contributed by atoms with E-state index in [4.69, 9.17) is 21.5 Å². The maximum Gasteiger partial charge on any atom is 0.0724 e. The summed E-state index contributed by atoms with van der Waals surface area (Å²) in [6.45, 7) is 0. The smallest absolute Gasteiger partial charge is 0.0724 e. The first-order chi connectivity index (χ1) is 10.7.